The maximum atomic E-state index is 14.1. The van der Waals surface area contributed by atoms with Crippen molar-refractivity contribution >= 4 is 28.7 Å². The van der Waals surface area contributed by atoms with Gasteiger partial charge < -0.3 is 15.5 Å². The lowest BCUT2D eigenvalue weighted by molar-refractivity contribution is 0.206. The Hall–Kier alpha value is -2.77. The number of alkyl halides is 1. The summed E-state index contributed by atoms with van der Waals surface area (Å²) in [5.74, 6) is 0.124. The second-order valence-electron chi connectivity index (χ2n) is 6.22. The molecule has 126 valence electrons. The van der Waals surface area contributed by atoms with Gasteiger partial charge in [-0.1, -0.05) is 0 Å². The Balaban J connectivity index is 2.12. The van der Waals surface area contributed by atoms with Crippen LogP contribution in [0.1, 0.15) is 36.4 Å². The summed E-state index contributed by atoms with van der Waals surface area (Å²) < 4.78 is 19.6. The summed E-state index contributed by atoms with van der Waals surface area (Å²) in [6.07, 6.45) is 1.42. The topological polar surface area (TPSA) is 103 Å². The number of anilines is 3. The number of aryl methyl sites for hydroxylation is 2. The fourth-order valence-corrected chi connectivity index (χ4v) is 2.55. The highest BCUT2D eigenvalue weighted by Gasteiger charge is 2.25. The van der Waals surface area contributed by atoms with Crippen LogP contribution < -0.4 is 11.1 Å². The lowest BCUT2D eigenvalue weighted by atomic mass is 10.0. The SMILES string of the molecule is Cc1c(Nc2nc(N)nc(C(C)(C)F)n2)c(C)c2ocnc2c1C. The summed E-state index contributed by atoms with van der Waals surface area (Å²) in [6.45, 7) is 8.57. The number of nitrogens with zero attached hydrogens (tertiary/aromatic N) is 4. The van der Waals surface area contributed by atoms with Crippen molar-refractivity contribution in [1.29, 1.82) is 0 Å². The van der Waals surface area contributed by atoms with Crippen LogP contribution >= 0.6 is 0 Å². The van der Waals surface area contributed by atoms with Gasteiger partial charge in [0, 0.05) is 5.56 Å². The van der Waals surface area contributed by atoms with Gasteiger partial charge in [0.2, 0.25) is 11.9 Å². The summed E-state index contributed by atoms with van der Waals surface area (Å²) in [7, 11) is 0. The molecule has 3 N–H and O–H groups in total. The zero-order chi connectivity index (χ0) is 17.6. The monoisotopic (exact) mass is 330 g/mol. The van der Waals surface area contributed by atoms with E-state index in [-0.39, 0.29) is 17.7 Å². The molecule has 0 aliphatic heterocycles. The van der Waals surface area contributed by atoms with Crippen LogP contribution in [0.4, 0.5) is 22.0 Å². The third kappa shape index (κ3) is 2.64. The Morgan fingerprint density at radius 3 is 2.46 bits per heavy atom. The molecule has 3 rings (SSSR count). The lowest BCUT2D eigenvalue weighted by Crippen LogP contribution is -2.18. The van der Waals surface area contributed by atoms with Crippen molar-refractivity contribution in [3.8, 4) is 0 Å². The van der Waals surface area contributed by atoms with E-state index in [4.69, 9.17) is 10.2 Å². The molecule has 0 unspecified atom stereocenters. The van der Waals surface area contributed by atoms with E-state index in [0.717, 1.165) is 27.9 Å². The summed E-state index contributed by atoms with van der Waals surface area (Å²) in [4.78, 5) is 16.3. The minimum absolute atomic E-state index is 0.0229. The van der Waals surface area contributed by atoms with Crippen LogP contribution in [0.3, 0.4) is 0 Å². The van der Waals surface area contributed by atoms with E-state index in [9.17, 15) is 4.39 Å². The van der Waals surface area contributed by atoms with E-state index in [0.29, 0.717) is 5.58 Å². The molecule has 1 aromatic carbocycles. The molecule has 0 saturated carbocycles. The molecule has 8 heteroatoms. The van der Waals surface area contributed by atoms with Crippen LogP contribution in [0.5, 0.6) is 0 Å². The fourth-order valence-electron chi connectivity index (χ4n) is 2.55. The fraction of sp³-hybridized carbons (Fsp3) is 0.375. The number of hydrogen-bond acceptors (Lipinski definition) is 7. The standard InChI is InChI=1S/C16H19FN6O/c1-7-8(2)11-12(24-6-19-11)9(3)10(7)20-15-22-13(16(4,5)17)21-14(18)23-15/h6H,1-5H3,(H3,18,20,21,22,23). The number of rotatable bonds is 3. The van der Waals surface area contributed by atoms with Gasteiger partial charge in [0.15, 0.2) is 23.5 Å². The maximum absolute atomic E-state index is 14.1. The van der Waals surface area contributed by atoms with E-state index in [1.54, 1.807) is 0 Å². The molecule has 0 aliphatic rings. The zero-order valence-electron chi connectivity index (χ0n) is 14.2. The third-order valence-corrected chi connectivity index (χ3v) is 4.00. The Morgan fingerprint density at radius 2 is 1.79 bits per heavy atom. The Labute approximate surface area is 138 Å². The second kappa shape index (κ2) is 5.40. The van der Waals surface area contributed by atoms with Crippen LogP contribution in [-0.4, -0.2) is 19.9 Å². The second-order valence-corrected chi connectivity index (χ2v) is 6.22. The van der Waals surface area contributed by atoms with Gasteiger partial charge in [0.25, 0.3) is 0 Å². The van der Waals surface area contributed by atoms with Crippen LogP contribution in [0.25, 0.3) is 11.1 Å². The minimum atomic E-state index is -1.72. The Bertz CT molecular complexity index is 928. The van der Waals surface area contributed by atoms with Crippen molar-refractivity contribution in [3.63, 3.8) is 0 Å². The van der Waals surface area contributed by atoms with Crippen molar-refractivity contribution in [3.05, 3.63) is 28.9 Å². The zero-order valence-corrected chi connectivity index (χ0v) is 14.2. The molecule has 24 heavy (non-hydrogen) atoms. The van der Waals surface area contributed by atoms with E-state index in [1.807, 2.05) is 20.8 Å². The van der Waals surface area contributed by atoms with Gasteiger partial charge in [-0.3, -0.25) is 0 Å². The van der Waals surface area contributed by atoms with Gasteiger partial charge in [0.1, 0.15) is 5.52 Å². The molecule has 0 radical (unpaired) electrons. The number of halogens is 1. The largest absolute Gasteiger partial charge is 0.443 e. The van der Waals surface area contributed by atoms with Crippen molar-refractivity contribution in [2.24, 2.45) is 0 Å². The number of oxazole rings is 1. The Kier molecular flexibility index (Phi) is 3.62. The highest BCUT2D eigenvalue weighted by Crippen LogP contribution is 2.34. The first kappa shape index (κ1) is 16.1. The number of nitrogens with one attached hydrogen (secondary N) is 1. The number of hydrogen-bond donors (Lipinski definition) is 2. The first-order valence-corrected chi connectivity index (χ1v) is 7.49. The van der Waals surface area contributed by atoms with Crippen molar-refractivity contribution in [2.75, 3.05) is 11.1 Å². The average molecular weight is 330 g/mol. The number of benzene rings is 1. The predicted molar refractivity (Wildman–Crippen MR) is 89.9 cm³/mol. The molecular formula is C16H19FN6O. The van der Waals surface area contributed by atoms with Crippen LogP contribution in [0, 0.1) is 20.8 Å². The molecule has 0 fully saturated rings. The van der Waals surface area contributed by atoms with E-state index in [2.05, 4.69) is 25.3 Å². The number of nitrogen functional groups attached to an aromatic ring is 1. The van der Waals surface area contributed by atoms with Gasteiger partial charge in [-0.25, -0.2) is 9.37 Å². The highest BCUT2D eigenvalue weighted by atomic mass is 19.1. The molecule has 0 amide bonds. The Morgan fingerprint density at radius 1 is 1.08 bits per heavy atom. The van der Waals surface area contributed by atoms with Crippen molar-refractivity contribution in [1.82, 2.24) is 19.9 Å². The summed E-state index contributed by atoms with van der Waals surface area (Å²) in [5, 5.41) is 3.12. The first-order chi connectivity index (χ1) is 11.2. The van der Waals surface area contributed by atoms with Gasteiger partial charge in [-0.05, 0) is 45.7 Å². The molecular weight excluding hydrogens is 311 g/mol. The molecule has 0 atom stereocenters. The molecule has 2 heterocycles. The molecule has 0 saturated heterocycles. The maximum Gasteiger partial charge on any atom is 0.232 e. The summed E-state index contributed by atoms with van der Waals surface area (Å²) in [5.41, 5.74) is 9.09. The lowest BCUT2D eigenvalue weighted by Gasteiger charge is -2.17. The predicted octanol–water partition coefficient (Wildman–Crippen LogP) is 3.47. The minimum Gasteiger partial charge on any atom is -0.443 e. The molecule has 3 aromatic rings. The molecule has 0 bridgehead atoms. The van der Waals surface area contributed by atoms with Crippen LogP contribution in [0.15, 0.2) is 10.8 Å². The highest BCUT2D eigenvalue weighted by molar-refractivity contribution is 5.88. The number of fused-ring (bicyclic) bond motifs is 1. The summed E-state index contributed by atoms with van der Waals surface area (Å²) >= 11 is 0. The quantitative estimate of drug-likeness (QED) is 0.758. The normalized spacial score (nSPS) is 11.9. The van der Waals surface area contributed by atoms with E-state index in [1.165, 1.54) is 20.2 Å². The van der Waals surface area contributed by atoms with E-state index < -0.39 is 5.67 Å². The van der Waals surface area contributed by atoms with Gasteiger partial charge in [-0.2, -0.15) is 15.0 Å². The van der Waals surface area contributed by atoms with E-state index >= 15 is 0 Å². The number of aromatic nitrogens is 4. The first-order valence-electron chi connectivity index (χ1n) is 7.49. The van der Waals surface area contributed by atoms with Crippen molar-refractivity contribution < 1.29 is 8.81 Å². The summed E-state index contributed by atoms with van der Waals surface area (Å²) in [6, 6.07) is 0. The smallest absolute Gasteiger partial charge is 0.232 e. The van der Waals surface area contributed by atoms with Crippen LogP contribution in [0.2, 0.25) is 0 Å². The average Bonchev–Trinajstić information content (AvgIpc) is 2.98. The van der Waals surface area contributed by atoms with Gasteiger partial charge in [0.05, 0.1) is 5.69 Å². The molecule has 2 aromatic heterocycles. The molecule has 0 aliphatic carbocycles. The van der Waals surface area contributed by atoms with Crippen molar-refractivity contribution in [2.45, 2.75) is 40.3 Å². The van der Waals surface area contributed by atoms with Crippen LogP contribution in [-0.2, 0) is 5.67 Å². The third-order valence-electron chi connectivity index (χ3n) is 4.00. The number of nitrogens with two attached hydrogens (primary N) is 1. The molecule has 7 nitrogen and oxygen atoms in total. The van der Waals surface area contributed by atoms with Gasteiger partial charge >= 0.3 is 0 Å². The van der Waals surface area contributed by atoms with Gasteiger partial charge in [-0.15, -0.1) is 0 Å². The molecule has 0 spiro atoms.